The predicted molar refractivity (Wildman–Crippen MR) is 89.0 cm³/mol. The summed E-state index contributed by atoms with van der Waals surface area (Å²) in [5, 5.41) is 3.72. The molecule has 1 N–H and O–H groups in total. The highest BCUT2D eigenvalue weighted by Gasteiger charge is 2.26. The van der Waals surface area contributed by atoms with E-state index in [2.05, 4.69) is 10.3 Å². The zero-order chi connectivity index (χ0) is 16.4. The highest BCUT2D eigenvalue weighted by molar-refractivity contribution is 6.43. The minimum absolute atomic E-state index is 0.263. The third-order valence-corrected chi connectivity index (χ3v) is 4.16. The number of aliphatic imine (C=N–C) groups is 1. The SMILES string of the molecule is O=C(c1cccc(F)c1)N1CCNC1=Nc1cccc(Cl)c1Cl. The van der Waals surface area contributed by atoms with Gasteiger partial charge in [0, 0.05) is 18.7 Å². The van der Waals surface area contributed by atoms with Crippen LogP contribution in [0.2, 0.25) is 10.0 Å². The van der Waals surface area contributed by atoms with Gasteiger partial charge in [0.05, 0.1) is 15.7 Å². The van der Waals surface area contributed by atoms with Crippen LogP contribution in [-0.4, -0.2) is 29.9 Å². The maximum Gasteiger partial charge on any atom is 0.260 e. The van der Waals surface area contributed by atoms with Gasteiger partial charge < -0.3 is 5.32 Å². The molecule has 1 amide bonds. The molecule has 1 fully saturated rings. The highest BCUT2D eigenvalue weighted by Crippen LogP contribution is 2.32. The molecule has 2 aromatic carbocycles. The van der Waals surface area contributed by atoms with Gasteiger partial charge in [0.15, 0.2) is 0 Å². The third-order valence-electron chi connectivity index (χ3n) is 3.35. The lowest BCUT2D eigenvalue weighted by Crippen LogP contribution is -2.35. The first-order chi connectivity index (χ1) is 11.1. The molecule has 2 aromatic rings. The van der Waals surface area contributed by atoms with Crippen LogP contribution in [0.15, 0.2) is 47.5 Å². The maximum atomic E-state index is 13.3. The van der Waals surface area contributed by atoms with E-state index < -0.39 is 5.82 Å². The second-order valence-electron chi connectivity index (χ2n) is 4.90. The predicted octanol–water partition coefficient (Wildman–Crippen LogP) is 3.87. The van der Waals surface area contributed by atoms with Crippen molar-refractivity contribution in [2.45, 2.75) is 0 Å². The van der Waals surface area contributed by atoms with E-state index in [9.17, 15) is 9.18 Å². The molecule has 0 unspecified atom stereocenters. The number of rotatable bonds is 2. The number of benzene rings is 2. The van der Waals surface area contributed by atoms with Gasteiger partial charge in [-0.15, -0.1) is 0 Å². The number of amides is 1. The van der Waals surface area contributed by atoms with Gasteiger partial charge >= 0.3 is 0 Å². The fraction of sp³-hybridized carbons (Fsp3) is 0.125. The highest BCUT2D eigenvalue weighted by atomic mass is 35.5. The molecule has 4 nitrogen and oxygen atoms in total. The van der Waals surface area contributed by atoms with Crippen molar-refractivity contribution in [1.82, 2.24) is 10.2 Å². The normalized spacial score (nSPS) is 15.8. The fourth-order valence-electron chi connectivity index (χ4n) is 2.25. The molecule has 0 atom stereocenters. The molecule has 23 heavy (non-hydrogen) atoms. The molecule has 0 aliphatic carbocycles. The van der Waals surface area contributed by atoms with Crippen molar-refractivity contribution >= 4 is 40.8 Å². The number of hydrogen-bond acceptors (Lipinski definition) is 2. The molecular formula is C16H12Cl2FN3O. The lowest BCUT2D eigenvalue weighted by Gasteiger charge is -2.16. The summed E-state index contributed by atoms with van der Waals surface area (Å²) < 4.78 is 13.3. The second-order valence-corrected chi connectivity index (χ2v) is 5.69. The Kier molecular flexibility index (Phi) is 4.50. The van der Waals surface area contributed by atoms with Crippen LogP contribution in [0.3, 0.4) is 0 Å². The summed E-state index contributed by atoms with van der Waals surface area (Å²) in [6.07, 6.45) is 0. The molecule has 0 spiro atoms. The lowest BCUT2D eigenvalue weighted by molar-refractivity contribution is 0.0858. The van der Waals surface area contributed by atoms with E-state index in [0.29, 0.717) is 34.8 Å². The number of hydrogen-bond donors (Lipinski definition) is 1. The largest absolute Gasteiger partial charge is 0.354 e. The fourth-order valence-corrected chi connectivity index (χ4v) is 2.59. The molecule has 0 bridgehead atoms. The monoisotopic (exact) mass is 351 g/mol. The zero-order valence-corrected chi connectivity index (χ0v) is 13.4. The van der Waals surface area contributed by atoms with Crippen LogP contribution in [0.25, 0.3) is 0 Å². The maximum absolute atomic E-state index is 13.3. The van der Waals surface area contributed by atoms with Crippen molar-refractivity contribution in [3.05, 3.63) is 63.9 Å². The van der Waals surface area contributed by atoms with Gasteiger partial charge in [0.25, 0.3) is 5.91 Å². The van der Waals surface area contributed by atoms with Crippen molar-refractivity contribution in [3.8, 4) is 0 Å². The van der Waals surface area contributed by atoms with Gasteiger partial charge in [-0.2, -0.15) is 0 Å². The van der Waals surface area contributed by atoms with Crippen LogP contribution >= 0.6 is 23.2 Å². The summed E-state index contributed by atoms with van der Waals surface area (Å²) in [5.41, 5.74) is 0.721. The summed E-state index contributed by atoms with van der Waals surface area (Å²) in [6, 6.07) is 10.6. The van der Waals surface area contributed by atoms with E-state index >= 15 is 0 Å². The number of nitrogens with zero attached hydrogens (tertiary/aromatic N) is 2. The smallest absolute Gasteiger partial charge is 0.260 e. The van der Waals surface area contributed by atoms with Gasteiger partial charge in [-0.05, 0) is 30.3 Å². The van der Waals surface area contributed by atoms with Crippen LogP contribution in [0, 0.1) is 5.82 Å². The van der Waals surface area contributed by atoms with Gasteiger partial charge in [0.2, 0.25) is 5.96 Å². The molecule has 3 rings (SSSR count). The average Bonchev–Trinajstić information content (AvgIpc) is 2.99. The van der Waals surface area contributed by atoms with Gasteiger partial charge in [0.1, 0.15) is 5.82 Å². The Hall–Kier alpha value is -2.11. The molecule has 118 valence electrons. The molecule has 0 saturated carbocycles. The second kappa shape index (κ2) is 6.56. The average molecular weight is 352 g/mol. The van der Waals surface area contributed by atoms with Crippen LogP contribution in [0.5, 0.6) is 0 Å². The van der Waals surface area contributed by atoms with Crippen molar-refractivity contribution in [2.24, 2.45) is 4.99 Å². The number of guanidine groups is 1. The van der Waals surface area contributed by atoms with Crippen LogP contribution < -0.4 is 5.32 Å². The Morgan fingerprint density at radius 2 is 2.00 bits per heavy atom. The van der Waals surface area contributed by atoms with E-state index in [1.165, 1.54) is 23.1 Å². The van der Waals surface area contributed by atoms with Crippen molar-refractivity contribution < 1.29 is 9.18 Å². The Bertz CT molecular complexity index is 795. The molecule has 1 aliphatic heterocycles. The molecular weight excluding hydrogens is 340 g/mol. The lowest BCUT2D eigenvalue weighted by atomic mass is 10.2. The minimum atomic E-state index is -0.459. The molecule has 7 heteroatoms. The van der Waals surface area contributed by atoms with Crippen molar-refractivity contribution in [2.75, 3.05) is 13.1 Å². The van der Waals surface area contributed by atoms with E-state index in [-0.39, 0.29) is 11.5 Å². The molecule has 1 aliphatic rings. The molecule has 1 saturated heterocycles. The Balaban J connectivity index is 1.92. The Labute approximate surface area is 142 Å². The summed E-state index contributed by atoms with van der Waals surface area (Å²) in [5.74, 6) is -0.422. The van der Waals surface area contributed by atoms with E-state index in [1.807, 2.05) is 0 Å². The zero-order valence-electron chi connectivity index (χ0n) is 11.9. The molecule has 1 heterocycles. The van der Waals surface area contributed by atoms with E-state index in [1.54, 1.807) is 24.3 Å². The summed E-state index contributed by atoms with van der Waals surface area (Å²) in [4.78, 5) is 18.4. The quantitative estimate of drug-likeness (QED) is 0.892. The van der Waals surface area contributed by atoms with Crippen LogP contribution in [0.4, 0.5) is 10.1 Å². The van der Waals surface area contributed by atoms with Crippen molar-refractivity contribution in [1.29, 1.82) is 0 Å². The van der Waals surface area contributed by atoms with E-state index in [0.717, 1.165) is 0 Å². The number of carbonyl (C=O) groups excluding carboxylic acids is 1. The Morgan fingerprint density at radius 3 is 2.78 bits per heavy atom. The number of nitrogens with one attached hydrogen (secondary N) is 1. The van der Waals surface area contributed by atoms with Crippen LogP contribution in [-0.2, 0) is 0 Å². The standard InChI is InChI=1S/C16H12Cl2FN3O/c17-12-5-2-6-13(14(12)18)21-16-20-7-8-22(16)15(23)10-3-1-4-11(19)9-10/h1-6,9H,7-8H2,(H,20,21). The van der Waals surface area contributed by atoms with Gasteiger partial charge in [-0.1, -0.05) is 35.3 Å². The topological polar surface area (TPSA) is 44.7 Å². The first kappa shape index (κ1) is 15.8. The molecule has 0 radical (unpaired) electrons. The Morgan fingerprint density at radius 1 is 1.22 bits per heavy atom. The summed E-state index contributed by atoms with van der Waals surface area (Å²) >= 11 is 12.1. The minimum Gasteiger partial charge on any atom is -0.354 e. The van der Waals surface area contributed by atoms with Gasteiger partial charge in [-0.3, -0.25) is 9.69 Å². The first-order valence-electron chi connectivity index (χ1n) is 6.90. The van der Waals surface area contributed by atoms with Gasteiger partial charge in [-0.25, -0.2) is 9.38 Å². The summed E-state index contributed by atoms with van der Waals surface area (Å²) in [6.45, 7) is 0.991. The third kappa shape index (κ3) is 3.30. The number of halogens is 3. The van der Waals surface area contributed by atoms with Crippen molar-refractivity contribution in [3.63, 3.8) is 0 Å². The van der Waals surface area contributed by atoms with Crippen LogP contribution in [0.1, 0.15) is 10.4 Å². The number of carbonyl (C=O) groups is 1. The summed E-state index contributed by atoms with van der Waals surface area (Å²) in [7, 11) is 0. The van der Waals surface area contributed by atoms with E-state index in [4.69, 9.17) is 23.2 Å². The molecule has 0 aromatic heterocycles. The first-order valence-corrected chi connectivity index (χ1v) is 7.66.